The molecule has 0 bridgehead atoms. The number of hydrogen-bond acceptors (Lipinski definition) is 3. The Balaban J connectivity index is 2.44. The number of esters is 1. The number of rotatable bonds is 2. The van der Waals surface area contributed by atoms with Crippen LogP contribution in [0, 0.1) is 0 Å². The minimum Gasteiger partial charge on any atom is -0.461 e. The number of ketones is 1. The molecule has 0 saturated heterocycles. The SMILES string of the molecule is CCOC(=O)c1c2c(cn1C)C(=O)CC2. The predicted octanol–water partition coefficient (Wildman–Crippen LogP) is 1.33. The van der Waals surface area contributed by atoms with Crippen LogP contribution < -0.4 is 0 Å². The highest BCUT2D eigenvalue weighted by molar-refractivity contribution is 6.04. The molecule has 15 heavy (non-hydrogen) atoms. The average molecular weight is 207 g/mol. The van der Waals surface area contributed by atoms with Gasteiger partial charge in [-0.15, -0.1) is 0 Å². The Bertz CT molecular complexity index is 431. The van der Waals surface area contributed by atoms with Crippen molar-refractivity contribution in [3.8, 4) is 0 Å². The van der Waals surface area contributed by atoms with E-state index < -0.39 is 0 Å². The standard InChI is InChI=1S/C11H13NO3/c1-3-15-11(14)10-7-4-5-9(13)8(7)6-12(10)2/h6H,3-5H2,1-2H3. The molecule has 0 unspecified atom stereocenters. The highest BCUT2D eigenvalue weighted by Gasteiger charge is 2.29. The number of carbonyl (C=O) groups excluding carboxylic acids is 2. The van der Waals surface area contributed by atoms with Crippen molar-refractivity contribution in [2.24, 2.45) is 7.05 Å². The third kappa shape index (κ3) is 1.46. The van der Waals surface area contributed by atoms with Crippen LogP contribution in [-0.2, 0) is 18.2 Å². The normalized spacial score (nSPS) is 14.1. The molecule has 0 aliphatic heterocycles. The number of hydrogen-bond donors (Lipinski definition) is 0. The Morgan fingerprint density at radius 1 is 1.53 bits per heavy atom. The molecule has 4 heteroatoms. The van der Waals surface area contributed by atoms with Gasteiger partial charge in [0.25, 0.3) is 0 Å². The van der Waals surface area contributed by atoms with Crippen LogP contribution in [0.1, 0.15) is 39.8 Å². The number of ether oxygens (including phenoxy) is 1. The summed E-state index contributed by atoms with van der Waals surface area (Å²) in [6, 6.07) is 0. The smallest absolute Gasteiger partial charge is 0.355 e. The van der Waals surface area contributed by atoms with Gasteiger partial charge >= 0.3 is 5.97 Å². The number of aryl methyl sites for hydroxylation is 1. The second-order valence-electron chi connectivity index (χ2n) is 3.62. The maximum Gasteiger partial charge on any atom is 0.355 e. The Morgan fingerprint density at radius 2 is 2.27 bits per heavy atom. The lowest BCUT2D eigenvalue weighted by Gasteiger charge is -2.04. The minimum absolute atomic E-state index is 0.121. The minimum atomic E-state index is -0.337. The molecule has 0 amide bonds. The summed E-state index contributed by atoms with van der Waals surface area (Å²) in [5.41, 5.74) is 2.05. The molecule has 4 nitrogen and oxygen atoms in total. The zero-order valence-corrected chi connectivity index (χ0v) is 8.87. The first kappa shape index (κ1) is 9.96. The van der Waals surface area contributed by atoms with Gasteiger partial charge in [-0.25, -0.2) is 4.79 Å². The molecular weight excluding hydrogens is 194 g/mol. The molecule has 1 aliphatic rings. The highest BCUT2D eigenvalue weighted by atomic mass is 16.5. The molecule has 0 saturated carbocycles. The first-order valence-electron chi connectivity index (χ1n) is 5.03. The summed E-state index contributed by atoms with van der Waals surface area (Å²) in [6.07, 6.45) is 2.89. The molecule has 0 atom stereocenters. The Labute approximate surface area is 87.8 Å². The molecule has 0 fully saturated rings. The third-order valence-corrected chi connectivity index (χ3v) is 2.66. The number of fused-ring (bicyclic) bond motifs is 1. The van der Waals surface area contributed by atoms with Gasteiger partial charge in [-0.1, -0.05) is 0 Å². The Kier molecular flexibility index (Phi) is 2.34. The average Bonchev–Trinajstić information content (AvgIpc) is 2.67. The van der Waals surface area contributed by atoms with Crippen molar-refractivity contribution in [3.05, 3.63) is 23.0 Å². The van der Waals surface area contributed by atoms with E-state index in [1.165, 1.54) is 0 Å². The van der Waals surface area contributed by atoms with E-state index in [1.807, 2.05) is 0 Å². The molecule has 0 N–H and O–H groups in total. The second-order valence-corrected chi connectivity index (χ2v) is 3.62. The fraction of sp³-hybridized carbons (Fsp3) is 0.455. The first-order valence-corrected chi connectivity index (χ1v) is 5.03. The predicted molar refractivity (Wildman–Crippen MR) is 54.0 cm³/mol. The zero-order valence-electron chi connectivity index (χ0n) is 8.87. The van der Waals surface area contributed by atoms with Crippen molar-refractivity contribution in [3.63, 3.8) is 0 Å². The summed E-state index contributed by atoms with van der Waals surface area (Å²) in [5.74, 6) is -0.216. The molecule has 80 valence electrons. The maximum absolute atomic E-state index is 11.6. The molecule has 0 radical (unpaired) electrons. The zero-order chi connectivity index (χ0) is 11.0. The largest absolute Gasteiger partial charge is 0.461 e. The summed E-state index contributed by atoms with van der Waals surface area (Å²) in [7, 11) is 1.76. The lowest BCUT2D eigenvalue weighted by atomic mass is 10.2. The summed E-state index contributed by atoms with van der Waals surface area (Å²) in [5, 5.41) is 0. The lowest BCUT2D eigenvalue weighted by molar-refractivity contribution is 0.0514. The van der Waals surface area contributed by atoms with Gasteiger partial charge in [0.05, 0.1) is 6.61 Å². The van der Waals surface area contributed by atoms with Crippen LogP contribution in [-0.4, -0.2) is 22.9 Å². The monoisotopic (exact) mass is 207 g/mol. The van der Waals surface area contributed by atoms with Crippen LogP contribution in [0.2, 0.25) is 0 Å². The van der Waals surface area contributed by atoms with Crippen molar-refractivity contribution >= 4 is 11.8 Å². The quantitative estimate of drug-likeness (QED) is 0.687. The molecule has 2 rings (SSSR count). The van der Waals surface area contributed by atoms with E-state index in [4.69, 9.17) is 4.74 Å². The lowest BCUT2D eigenvalue weighted by Crippen LogP contribution is -2.11. The maximum atomic E-state index is 11.6. The fourth-order valence-electron chi connectivity index (χ4n) is 2.01. The van der Waals surface area contributed by atoms with Gasteiger partial charge in [0.2, 0.25) is 0 Å². The van der Waals surface area contributed by atoms with Crippen LogP contribution in [0.15, 0.2) is 6.20 Å². The van der Waals surface area contributed by atoms with Gasteiger partial charge in [0, 0.05) is 25.2 Å². The van der Waals surface area contributed by atoms with Crippen LogP contribution >= 0.6 is 0 Å². The molecular formula is C11H13NO3. The summed E-state index contributed by atoms with van der Waals surface area (Å²) < 4.78 is 6.64. The second kappa shape index (κ2) is 3.53. The number of carbonyl (C=O) groups is 2. The molecule has 1 aromatic heterocycles. The van der Waals surface area contributed by atoms with Crippen molar-refractivity contribution in [2.75, 3.05) is 6.61 Å². The number of nitrogens with zero attached hydrogens (tertiary/aromatic N) is 1. The van der Waals surface area contributed by atoms with Gasteiger partial charge < -0.3 is 9.30 Å². The molecule has 1 aromatic rings. The van der Waals surface area contributed by atoms with Crippen molar-refractivity contribution in [2.45, 2.75) is 19.8 Å². The van der Waals surface area contributed by atoms with Gasteiger partial charge in [0.1, 0.15) is 5.69 Å². The molecule has 1 heterocycles. The Morgan fingerprint density at radius 3 is 2.93 bits per heavy atom. The molecule has 0 spiro atoms. The molecule has 0 aromatic carbocycles. The first-order chi connectivity index (χ1) is 7.15. The summed E-state index contributed by atoms with van der Waals surface area (Å²) in [6.45, 7) is 2.12. The van der Waals surface area contributed by atoms with Crippen LogP contribution in [0.4, 0.5) is 0 Å². The third-order valence-electron chi connectivity index (χ3n) is 2.66. The number of aromatic nitrogens is 1. The van der Waals surface area contributed by atoms with E-state index in [1.54, 1.807) is 24.7 Å². The Hall–Kier alpha value is -1.58. The van der Waals surface area contributed by atoms with Crippen molar-refractivity contribution in [1.29, 1.82) is 0 Å². The van der Waals surface area contributed by atoms with Gasteiger partial charge in [-0.2, -0.15) is 0 Å². The fourth-order valence-corrected chi connectivity index (χ4v) is 2.01. The van der Waals surface area contributed by atoms with E-state index in [0.29, 0.717) is 30.7 Å². The van der Waals surface area contributed by atoms with E-state index in [0.717, 1.165) is 5.56 Å². The highest BCUT2D eigenvalue weighted by Crippen LogP contribution is 2.27. The van der Waals surface area contributed by atoms with Crippen molar-refractivity contribution < 1.29 is 14.3 Å². The molecule has 1 aliphatic carbocycles. The van der Waals surface area contributed by atoms with Crippen LogP contribution in [0.5, 0.6) is 0 Å². The van der Waals surface area contributed by atoms with E-state index in [-0.39, 0.29) is 11.8 Å². The van der Waals surface area contributed by atoms with Crippen LogP contribution in [0.25, 0.3) is 0 Å². The van der Waals surface area contributed by atoms with Gasteiger partial charge in [0.15, 0.2) is 5.78 Å². The van der Waals surface area contributed by atoms with Crippen LogP contribution in [0.3, 0.4) is 0 Å². The number of Topliss-reactive ketones (excluding diaryl/α,β-unsaturated/α-hetero) is 1. The van der Waals surface area contributed by atoms with E-state index in [9.17, 15) is 9.59 Å². The summed E-state index contributed by atoms with van der Waals surface area (Å²) in [4.78, 5) is 23.1. The summed E-state index contributed by atoms with van der Waals surface area (Å²) >= 11 is 0. The van der Waals surface area contributed by atoms with E-state index >= 15 is 0 Å². The van der Waals surface area contributed by atoms with Gasteiger partial charge in [-0.3, -0.25) is 4.79 Å². The topological polar surface area (TPSA) is 48.3 Å². The van der Waals surface area contributed by atoms with Crippen molar-refractivity contribution in [1.82, 2.24) is 4.57 Å². The van der Waals surface area contributed by atoms with E-state index in [2.05, 4.69) is 0 Å². The van der Waals surface area contributed by atoms with Gasteiger partial charge in [-0.05, 0) is 18.9 Å².